The van der Waals surface area contributed by atoms with Crippen LogP contribution in [0.3, 0.4) is 0 Å². The Morgan fingerprint density at radius 3 is 2.44 bits per heavy atom. The van der Waals surface area contributed by atoms with Crippen molar-refractivity contribution in [3.63, 3.8) is 0 Å². The van der Waals surface area contributed by atoms with Crippen LogP contribution in [-0.4, -0.2) is 6.54 Å². The van der Waals surface area contributed by atoms with Gasteiger partial charge in [0.25, 0.3) is 0 Å². The first kappa shape index (κ1) is 6.64. The number of hydrogen-bond acceptors (Lipinski definition) is 1. The SMILES string of the molecule is C#CC(CN)C1CCC1. The minimum Gasteiger partial charge on any atom is -0.329 e. The Kier molecular flexibility index (Phi) is 2.13. The molecule has 0 radical (unpaired) electrons. The van der Waals surface area contributed by atoms with Gasteiger partial charge in [-0.1, -0.05) is 6.42 Å². The van der Waals surface area contributed by atoms with Gasteiger partial charge >= 0.3 is 0 Å². The highest BCUT2D eigenvalue weighted by atomic mass is 14.6. The van der Waals surface area contributed by atoms with Gasteiger partial charge in [-0.3, -0.25) is 0 Å². The first-order valence-corrected chi connectivity index (χ1v) is 3.54. The van der Waals surface area contributed by atoms with Crippen molar-refractivity contribution in [2.24, 2.45) is 17.6 Å². The molecule has 0 aromatic carbocycles. The Balaban J connectivity index is 2.30. The summed E-state index contributed by atoms with van der Waals surface area (Å²) < 4.78 is 0. The molecule has 1 unspecified atom stereocenters. The van der Waals surface area contributed by atoms with Crippen LogP contribution in [-0.2, 0) is 0 Å². The second-order valence-corrected chi connectivity index (χ2v) is 2.70. The van der Waals surface area contributed by atoms with Crippen molar-refractivity contribution in [2.45, 2.75) is 19.3 Å². The predicted octanol–water partition coefficient (Wildman–Crippen LogP) is 0.995. The summed E-state index contributed by atoms with van der Waals surface area (Å²) in [5, 5.41) is 0. The van der Waals surface area contributed by atoms with Crippen LogP contribution in [0, 0.1) is 24.2 Å². The van der Waals surface area contributed by atoms with Crippen LogP contribution < -0.4 is 5.73 Å². The molecule has 0 spiro atoms. The summed E-state index contributed by atoms with van der Waals surface area (Å²) in [5.74, 6) is 3.84. The van der Waals surface area contributed by atoms with Gasteiger partial charge in [-0.15, -0.1) is 12.3 Å². The molecule has 2 N–H and O–H groups in total. The molecule has 1 aliphatic rings. The van der Waals surface area contributed by atoms with E-state index in [0.717, 1.165) is 5.92 Å². The zero-order valence-corrected chi connectivity index (χ0v) is 5.64. The van der Waals surface area contributed by atoms with Crippen LogP contribution in [0.2, 0.25) is 0 Å². The van der Waals surface area contributed by atoms with E-state index in [1.807, 2.05) is 0 Å². The fraction of sp³-hybridized carbons (Fsp3) is 0.750. The first-order chi connectivity index (χ1) is 4.38. The molecule has 0 aromatic rings. The van der Waals surface area contributed by atoms with Crippen molar-refractivity contribution in [1.29, 1.82) is 0 Å². The second kappa shape index (κ2) is 2.89. The molecule has 0 bridgehead atoms. The molecule has 1 fully saturated rings. The van der Waals surface area contributed by atoms with Gasteiger partial charge in [0, 0.05) is 12.5 Å². The largest absolute Gasteiger partial charge is 0.329 e. The van der Waals surface area contributed by atoms with Gasteiger partial charge in [0.2, 0.25) is 0 Å². The monoisotopic (exact) mass is 123 g/mol. The maximum absolute atomic E-state index is 5.45. The van der Waals surface area contributed by atoms with E-state index in [4.69, 9.17) is 12.2 Å². The van der Waals surface area contributed by atoms with Crippen molar-refractivity contribution >= 4 is 0 Å². The van der Waals surface area contributed by atoms with Gasteiger partial charge in [-0.25, -0.2) is 0 Å². The molecule has 0 aliphatic heterocycles. The van der Waals surface area contributed by atoms with E-state index in [0.29, 0.717) is 12.5 Å². The molecule has 0 aromatic heterocycles. The Hall–Kier alpha value is -0.480. The van der Waals surface area contributed by atoms with E-state index in [9.17, 15) is 0 Å². The van der Waals surface area contributed by atoms with Crippen LogP contribution in [0.1, 0.15) is 19.3 Å². The molecule has 1 atom stereocenters. The maximum Gasteiger partial charge on any atom is 0.0350 e. The molecule has 1 nitrogen and oxygen atoms in total. The first-order valence-electron chi connectivity index (χ1n) is 3.54. The summed E-state index contributed by atoms with van der Waals surface area (Å²) in [6.07, 6.45) is 9.21. The fourth-order valence-electron chi connectivity index (χ4n) is 1.24. The van der Waals surface area contributed by atoms with E-state index in [2.05, 4.69) is 5.92 Å². The molecular formula is C8H13N. The summed E-state index contributed by atoms with van der Waals surface area (Å²) in [7, 11) is 0. The third-order valence-corrected chi connectivity index (χ3v) is 2.19. The van der Waals surface area contributed by atoms with Crippen LogP contribution >= 0.6 is 0 Å². The molecule has 1 heteroatoms. The molecule has 50 valence electrons. The average molecular weight is 123 g/mol. The van der Waals surface area contributed by atoms with Crippen molar-refractivity contribution in [3.8, 4) is 12.3 Å². The zero-order valence-electron chi connectivity index (χ0n) is 5.64. The second-order valence-electron chi connectivity index (χ2n) is 2.70. The van der Waals surface area contributed by atoms with Crippen molar-refractivity contribution in [3.05, 3.63) is 0 Å². The predicted molar refractivity (Wildman–Crippen MR) is 38.7 cm³/mol. The zero-order chi connectivity index (χ0) is 6.69. The number of terminal acetylenes is 1. The maximum atomic E-state index is 5.45. The quantitative estimate of drug-likeness (QED) is 0.544. The third-order valence-electron chi connectivity index (χ3n) is 2.19. The van der Waals surface area contributed by atoms with Crippen molar-refractivity contribution in [2.75, 3.05) is 6.54 Å². The third kappa shape index (κ3) is 1.25. The van der Waals surface area contributed by atoms with E-state index in [1.54, 1.807) is 0 Å². The summed E-state index contributed by atoms with van der Waals surface area (Å²) in [4.78, 5) is 0. The highest BCUT2D eigenvalue weighted by molar-refractivity contribution is 4.98. The van der Waals surface area contributed by atoms with Gasteiger partial charge < -0.3 is 5.73 Å². The van der Waals surface area contributed by atoms with Gasteiger partial charge in [0.05, 0.1) is 0 Å². The summed E-state index contributed by atoms with van der Waals surface area (Å²) in [6.45, 7) is 0.668. The molecule has 0 amide bonds. The lowest BCUT2D eigenvalue weighted by atomic mass is 9.76. The number of hydrogen-bond donors (Lipinski definition) is 1. The van der Waals surface area contributed by atoms with Crippen LogP contribution in [0.4, 0.5) is 0 Å². The Morgan fingerprint density at radius 1 is 1.67 bits per heavy atom. The normalized spacial score (nSPS) is 22.2. The molecule has 0 saturated heterocycles. The van der Waals surface area contributed by atoms with E-state index in [1.165, 1.54) is 19.3 Å². The highest BCUT2D eigenvalue weighted by Crippen LogP contribution is 2.32. The Morgan fingerprint density at radius 2 is 2.33 bits per heavy atom. The lowest BCUT2D eigenvalue weighted by Gasteiger charge is -2.29. The Bertz CT molecular complexity index is 119. The van der Waals surface area contributed by atoms with Gasteiger partial charge in [-0.05, 0) is 18.8 Å². The molecule has 0 heterocycles. The summed E-state index contributed by atoms with van der Waals surface area (Å²) in [6, 6.07) is 0. The van der Waals surface area contributed by atoms with E-state index in [-0.39, 0.29) is 0 Å². The lowest BCUT2D eigenvalue weighted by Crippen LogP contribution is -2.26. The highest BCUT2D eigenvalue weighted by Gasteiger charge is 2.24. The molecule has 1 saturated carbocycles. The van der Waals surface area contributed by atoms with Crippen molar-refractivity contribution in [1.82, 2.24) is 0 Å². The minimum absolute atomic E-state index is 0.360. The Labute approximate surface area is 56.6 Å². The van der Waals surface area contributed by atoms with Crippen LogP contribution in [0.15, 0.2) is 0 Å². The van der Waals surface area contributed by atoms with Gasteiger partial charge in [0.15, 0.2) is 0 Å². The molecule has 9 heavy (non-hydrogen) atoms. The van der Waals surface area contributed by atoms with Gasteiger partial charge in [-0.2, -0.15) is 0 Å². The van der Waals surface area contributed by atoms with Crippen molar-refractivity contribution < 1.29 is 0 Å². The average Bonchev–Trinajstić information content (AvgIpc) is 1.78. The van der Waals surface area contributed by atoms with E-state index < -0.39 is 0 Å². The lowest BCUT2D eigenvalue weighted by molar-refractivity contribution is 0.253. The molecule has 1 aliphatic carbocycles. The van der Waals surface area contributed by atoms with Crippen LogP contribution in [0.5, 0.6) is 0 Å². The summed E-state index contributed by atoms with van der Waals surface area (Å²) >= 11 is 0. The van der Waals surface area contributed by atoms with Crippen LogP contribution in [0.25, 0.3) is 0 Å². The summed E-state index contributed by atoms with van der Waals surface area (Å²) in [5.41, 5.74) is 5.45. The number of rotatable bonds is 2. The smallest absolute Gasteiger partial charge is 0.0350 e. The van der Waals surface area contributed by atoms with Gasteiger partial charge in [0.1, 0.15) is 0 Å². The van der Waals surface area contributed by atoms with E-state index >= 15 is 0 Å². The number of nitrogens with two attached hydrogens (primary N) is 1. The fourth-order valence-corrected chi connectivity index (χ4v) is 1.24. The standard InChI is InChI=1S/C8H13N/c1-2-7(6-9)8-4-3-5-8/h1,7-8H,3-6,9H2. The molecule has 1 rings (SSSR count). The molecular weight excluding hydrogens is 110 g/mol. The minimum atomic E-state index is 0.360. The topological polar surface area (TPSA) is 26.0 Å².